The summed E-state index contributed by atoms with van der Waals surface area (Å²) >= 11 is 0. The number of pyridine rings is 3. The van der Waals surface area contributed by atoms with Gasteiger partial charge in [0.15, 0.2) is 0 Å². The van der Waals surface area contributed by atoms with Gasteiger partial charge in [0.25, 0.3) is 0 Å². The van der Waals surface area contributed by atoms with Gasteiger partial charge in [-0.15, -0.1) is 155 Å². The van der Waals surface area contributed by atoms with Crippen LogP contribution < -0.4 is 0 Å². The van der Waals surface area contributed by atoms with Crippen molar-refractivity contribution in [2.75, 3.05) is 0 Å². The van der Waals surface area contributed by atoms with Crippen LogP contribution in [0.25, 0.3) is 227 Å². The number of aryl methyl sites for hydroxylation is 3. The topological polar surface area (TPSA) is 107 Å². The molecule has 0 amide bonds. The molecular formula is C111H70N12Pt3. The third-order valence-corrected chi connectivity index (χ3v) is 23.8. The quantitative estimate of drug-likeness (QED) is 0.126. The van der Waals surface area contributed by atoms with E-state index in [2.05, 4.69) is 379 Å². The number of imidazole rings is 3. The molecule has 0 aliphatic rings. The molecule has 25 rings (SSSR count). The summed E-state index contributed by atoms with van der Waals surface area (Å²) in [6.45, 7) is 0. The van der Waals surface area contributed by atoms with Crippen LogP contribution in [0.4, 0.5) is 0 Å². The van der Waals surface area contributed by atoms with Crippen molar-refractivity contribution in [2.45, 2.75) is 0 Å². The second-order valence-corrected chi connectivity index (χ2v) is 31.0. The zero-order chi connectivity index (χ0) is 81.8. The van der Waals surface area contributed by atoms with Gasteiger partial charge in [-0.2, -0.15) is 0 Å². The van der Waals surface area contributed by atoms with E-state index in [0.29, 0.717) is 0 Å². The van der Waals surface area contributed by atoms with Gasteiger partial charge in [-0.3, -0.25) is 15.0 Å². The minimum Gasteiger partial charge on any atom is -0.367 e. The second-order valence-electron chi connectivity index (χ2n) is 31.0. The van der Waals surface area contributed by atoms with Gasteiger partial charge < -0.3 is 42.4 Å². The number of aromatic nitrogens is 12. The zero-order valence-electron chi connectivity index (χ0n) is 68.0. The first-order valence-corrected chi connectivity index (χ1v) is 41.1. The van der Waals surface area contributed by atoms with Gasteiger partial charge >= 0.3 is 63.2 Å². The van der Waals surface area contributed by atoms with Gasteiger partial charge in [-0.05, 0) is 178 Å². The van der Waals surface area contributed by atoms with Crippen molar-refractivity contribution in [1.82, 2.24) is 57.3 Å². The van der Waals surface area contributed by atoms with Crippen molar-refractivity contribution in [2.24, 2.45) is 21.1 Å². The monoisotopic (exact) mass is 2160 g/mol. The molecule has 0 aliphatic heterocycles. The first-order chi connectivity index (χ1) is 60.7. The van der Waals surface area contributed by atoms with Crippen molar-refractivity contribution in [3.8, 4) is 96.1 Å². The number of hydrogen-bond donors (Lipinski definition) is 0. The number of nitrogens with zero attached hydrogens (tertiary/aromatic N) is 12. The summed E-state index contributed by atoms with van der Waals surface area (Å²) in [4.78, 5) is 28.8. The Labute approximate surface area is 768 Å². The molecule has 0 N–H and O–H groups in total. The molecule has 9 aromatic heterocycles. The summed E-state index contributed by atoms with van der Waals surface area (Å²) in [7, 11) is 6.23. The van der Waals surface area contributed by atoms with Crippen LogP contribution in [-0.2, 0) is 84.3 Å². The van der Waals surface area contributed by atoms with E-state index in [-0.39, 0.29) is 63.2 Å². The van der Waals surface area contributed by atoms with Crippen LogP contribution in [0.1, 0.15) is 0 Å². The summed E-state index contributed by atoms with van der Waals surface area (Å²) in [6.07, 6.45) is 5.46. The summed E-state index contributed by atoms with van der Waals surface area (Å²) < 4.78 is 13.3. The standard InChI is InChI=1S/C41H26N4.2C35H22N4.3Pt/c1-44-36-20-8-7-19-35(36)43-41(44)30-25-33(27-12-3-2-4-13-27)40-38(26-30)45(37-22-21-28-14-5-6-17-32(28)39(37)40)31-16-11-15-29(24-31)34-18-9-10-23-42-34;1-38-32-15-5-4-14-31(32)37-35(38)26-16-17-28-29-20-23-9-2-3-10-24(23)21-34(29)39(33(28)22-26)27-12-8-11-25(19-27)30-13-6-7-18-36-30;1-38-34-21-24-10-3-2-9-23(24)20-31(34)37-35(38)26-16-17-29-28-13-4-5-15-32(28)39(33(29)22-26)27-12-8-11-25(19-27)30-14-6-7-18-36-30;;;/h2-23,25H,1H3;2*2-18,20-21H,1H3;;;/q3*-2;3*+2. The maximum absolute atomic E-state index is 5.09. The van der Waals surface area contributed by atoms with Crippen molar-refractivity contribution in [3.63, 3.8) is 0 Å². The predicted molar refractivity (Wildman–Crippen MR) is 502 cm³/mol. The maximum Gasteiger partial charge on any atom is 2.00 e. The van der Waals surface area contributed by atoms with Crippen LogP contribution in [0.15, 0.2) is 370 Å². The Morgan fingerprint density at radius 3 is 1.17 bits per heavy atom. The molecule has 0 atom stereocenters. The molecule has 0 unspecified atom stereocenters. The Morgan fingerprint density at radius 1 is 0.230 bits per heavy atom. The smallest absolute Gasteiger partial charge is 0.367 e. The fourth-order valence-corrected chi connectivity index (χ4v) is 18.0. The number of rotatable bonds is 10. The molecule has 0 fully saturated rings. The van der Waals surface area contributed by atoms with Crippen LogP contribution in [0, 0.1) is 36.4 Å². The van der Waals surface area contributed by atoms with Gasteiger partial charge in [0.2, 0.25) is 0 Å². The first kappa shape index (κ1) is 80.1. The number of hydrogen-bond acceptors (Lipinski definition) is 6. The predicted octanol–water partition coefficient (Wildman–Crippen LogP) is 26.1. The third-order valence-electron chi connectivity index (χ3n) is 23.8. The Morgan fingerprint density at radius 2 is 0.643 bits per heavy atom. The molecule has 0 bridgehead atoms. The Balaban J connectivity index is 0.000000118. The van der Waals surface area contributed by atoms with Crippen LogP contribution in [0.2, 0.25) is 0 Å². The van der Waals surface area contributed by atoms with E-state index >= 15 is 0 Å². The number of para-hydroxylation sites is 5. The Bertz CT molecular complexity index is 8500. The maximum atomic E-state index is 5.09. The number of benzene rings is 16. The second kappa shape index (κ2) is 33.4. The average Bonchev–Trinajstić information content (AvgIpc) is 1.54. The Hall–Kier alpha value is -14.4. The number of fused-ring (bicyclic) bond motifs is 16. The molecule has 16 aromatic carbocycles. The average molecular weight is 2160 g/mol. The molecule has 0 saturated carbocycles. The Kier molecular flexibility index (Phi) is 21.2. The summed E-state index contributed by atoms with van der Waals surface area (Å²) in [5.74, 6) is 2.67. The normalized spacial score (nSPS) is 11.4. The van der Waals surface area contributed by atoms with Crippen molar-refractivity contribution in [3.05, 3.63) is 407 Å². The summed E-state index contributed by atoms with van der Waals surface area (Å²) in [6, 6.07) is 145. The van der Waals surface area contributed by atoms with Crippen LogP contribution >= 0.6 is 0 Å². The van der Waals surface area contributed by atoms with E-state index in [1.54, 1.807) is 0 Å². The molecule has 126 heavy (non-hydrogen) atoms. The first-order valence-electron chi connectivity index (χ1n) is 41.1. The van der Waals surface area contributed by atoms with E-state index in [0.717, 1.165) is 178 Å². The van der Waals surface area contributed by atoms with Crippen LogP contribution in [0.5, 0.6) is 0 Å². The van der Waals surface area contributed by atoms with E-state index in [1.165, 1.54) is 48.5 Å². The van der Waals surface area contributed by atoms with Crippen molar-refractivity contribution in [1.29, 1.82) is 0 Å². The minimum absolute atomic E-state index is 0. The zero-order valence-corrected chi connectivity index (χ0v) is 74.9. The molecule has 0 saturated heterocycles. The van der Waals surface area contributed by atoms with Gasteiger partial charge in [-0.1, -0.05) is 216 Å². The summed E-state index contributed by atoms with van der Waals surface area (Å²) in [5, 5.41) is 14.3. The van der Waals surface area contributed by atoms with Crippen molar-refractivity contribution >= 4 is 131 Å². The van der Waals surface area contributed by atoms with E-state index < -0.39 is 0 Å². The molecule has 604 valence electrons. The minimum atomic E-state index is 0. The van der Waals surface area contributed by atoms with E-state index in [1.807, 2.05) is 91.4 Å². The molecule has 9 heterocycles. The van der Waals surface area contributed by atoms with Crippen LogP contribution in [0.3, 0.4) is 0 Å². The molecular weight excluding hydrogens is 2090 g/mol. The third kappa shape index (κ3) is 13.9. The van der Waals surface area contributed by atoms with Crippen molar-refractivity contribution < 1.29 is 63.2 Å². The van der Waals surface area contributed by atoms with Gasteiger partial charge in [-0.25, -0.2) is 0 Å². The SMILES string of the molecule is Cn1c(-c2[c-]c3c(c(-c4ccccc4)c2)c2c4ccccc4ccc2n3-c2[c-]c(-c3ccccn3)ccc2)nc2ccccc21.Cn1c(-c2[c-]c3c(cc2)c2cc4ccccc4cc2n3-c2[c-]c(-c3ccccn3)ccc2)nc2ccccc21.Cn1c(-c2[c-]c3c(cc2)c2ccccc2n3-c2[c-]c(-c3ccccn3)ccc2)nc2cc3ccccc3cc21.[Pt+2].[Pt+2].[Pt+2]. The van der Waals surface area contributed by atoms with Gasteiger partial charge in [0, 0.05) is 56.3 Å². The van der Waals surface area contributed by atoms with E-state index in [9.17, 15) is 0 Å². The van der Waals surface area contributed by atoms with Crippen LogP contribution in [-0.4, -0.2) is 57.3 Å². The molecule has 0 spiro atoms. The molecule has 12 nitrogen and oxygen atoms in total. The van der Waals surface area contributed by atoms with Gasteiger partial charge in [0.1, 0.15) is 0 Å². The summed E-state index contributed by atoms with van der Waals surface area (Å²) in [5.41, 5.74) is 26.1. The largest absolute Gasteiger partial charge is 2.00 e. The van der Waals surface area contributed by atoms with E-state index in [4.69, 9.17) is 15.0 Å². The fraction of sp³-hybridized carbons (Fsp3) is 0.0270. The molecule has 25 aromatic rings. The molecule has 0 aliphatic carbocycles. The molecule has 0 radical (unpaired) electrons. The van der Waals surface area contributed by atoms with Gasteiger partial charge in [0.05, 0.1) is 50.6 Å². The fourth-order valence-electron chi connectivity index (χ4n) is 18.0. The molecule has 15 heteroatoms.